The minimum atomic E-state index is -0.512. The lowest BCUT2D eigenvalue weighted by Crippen LogP contribution is -2.10. The van der Waals surface area contributed by atoms with Crippen LogP contribution in [-0.2, 0) is 12.8 Å². The predicted octanol–water partition coefficient (Wildman–Crippen LogP) is 8.19. The van der Waals surface area contributed by atoms with E-state index in [-0.39, 0.29) is 0 Å². The maximum atomic E-state index is 9.71. The molecule has 5 aromatic heterocycles. The van der Waals surface area contributed by atoms with Crippen LogP contribution in [0.25, 0.3) is 20.4 Å². The highest BCUT2D eigenvalue weighted by Crippen LogP contribution is 2.32. The van der Waals surface area contributed by atoms with E-state index in [1.165, 1.54) is 28.2 Å². The van der Waals surface area contributed by atoms with Crippen molar-refractivity contribution in [3.05, 3.63) is 160 Å². The van der Waals surface area contributed by atoms with Gasteiger partial charge in [-0.15, -0.1) is 22.7 Å². The molecular weight excluding hydrogens is 711 g/mol. The molecule has 0 saturated carbocycles. The molecule has 0 spiro atoms. The van der Waals surface area contributed by atoms with Crippen LogP contribution in [0.3, 0.4) is 0 Å². The number of aromatic nitrogens is 7. The highest BCUT2D eigenvalue weighted by Gasteiger charge is 2.21. The number of fused-ring (bicyclic) bond motifs is 2. The molecule has 8 aromatic rings. The standard InChI is InChI=1S/C21H17N5S.C20H16N6S/c22-14-16(20-25-18-8-4-5-9-19(18)27-20)17-11-13-24-21(26-17)23-12-10-15-6-2-1-3-7-15;21-13-15(19-25-17-6-1-2-7-18(17)27-19)16-9-12-24-20(26-16)23-11-8-14-5-3-4-10-22-14/h1-9,11,13,16H,10,12H2,(H,23,24,26);1-7,9-10,12,15H,8,11H2,(H,23,24,26). The topological polar surface area (TPSA) is 162 Å². The molecule has 5 heterocycles. The van der Waals surface area contributed by atoms with Crippen LogP contribution in [0.4, 0.5) is 11.9 Å². The van der Waals surface area contributed by atoms with Crippen LogP contribution in [0, 0.1) is 22.7 Å². The first-order valence-electron chi connectivity index (χ1n) is 17.2. The summed E-state index contributed by atoms with van der Waals surface area (Å²) in [7, 11) is 0. The summed E-state index contributed by atoms with van der Waals surface area (Å²) in [4.78, 5) is 31.1. The summed E-state index contributed by atoms with van der Waals surface area (Å²) >= 11 is 3.05. The van der Waals surface area contributed by atoms with Gasteiger partial charge in [0.2, 0.25) is 11.9 Å². The summed E-state index contributed by atoms with van der Waals surface area (Å²) in [6, 6.07) is 40.1. The molecule has 2 atom stereocenters. The van der Waals surface area contributed by atoms with Gasteiger partial charge in [0.05, 0.1) is 44.0 Å². The quantitative estimate of drug-likeness (QED) is 0.124. The fourth-order valence-electron chi connectivity index (χ4n) is 5.57. The zero-order valence-corrected chi connectivity index (χ0v) is 30.6. The molecule has 2 N–H and O–H groups in total. The zero-order valence-electron chi connectivity index (χ0n) is 28.9. The average molecular weight is 744 g/mol. The number of para-hydroxylation sites is 2. The van der Waals surface area contributed by atoms with Gasteiger partial charge in [-0.3, -0.25) is 4.98 Å². The molecule has 264 valence electrons. The lowest BCUT2D eigenvalue weighted by atomic mass is 10.1. The third kappa shape index (κ3) is 9.03. The molecule has 11 nitrogen and oxygen atoms in total. The van der Waals surface area contributed by atoms with E-state index in [9.17, 15) is 10.5 Å². The number of nitriles is 2. The Morgan fingerprint density at radius 2 is 1.04 bits per heavy atom. The van der Waals surface area contributed by atoms with Crippen molar-refractivity contribution in [3.8, 4) is 12.1 Å². The number of anilines is 2. The van der Waals surface area contributed by atoms with Crippen molar-refractivity contribution in [1.29, 1.82) is 10.5 Å². The van der Waals surface area contributed by atoms with Crippen molar-refractivity contribution in [2.75, 3.05) is 23.7 Å². The van der Waals surface area contributed by atoms with Gasteiger partial charge in [-0.1, -0.05) is 60.7 Å². The second kappa shape index (κ2) is 17.7. The number of benzene rings is 3. The van der Waals surface area contributed by atoms with Gasteiger partial charge >= 0.3 is 0 Å². The molecule has 3 aromatic carbocycles. The van der Waals surface area contributed by atoms with E-state index in [0.29, 0.717) is 29.8 Å². The molecular formula is C41H33N11S2. The summed E-state index contributed by atoms with van der Waals surface area (Å²) in [5.74, 6) is 0.0244. The van der Waals surface area contributed by atoms with Gasteiger partial charge in [0.1, 0.15) is 21.9 Å². The van der Waals surface area contributed by atoms with Crippen molar-refractivity contribution >= 4 is 55.0 Å². The van der Waals surface area contributed by atoms with E-state index < -0.39 is 11.8 Å². The number of thiazole rings is 2. The number of pyridine rings is 1. The third-order valence-corrected chi connectivity index (χ3v) is 10.5. The number of hydrogen-bond donors (Lipinski definition) is 2. The Labute approximate surface area is 320 Å². The van der Waals surface area contributed by atoms with Gasteiger partial charge in [0.25, 0.3) is 0 Å². The van der Waals surface area contributed by atoms with Crippen molar-refractivity contribution in [3.63, 3.8) is 0 Å². The van der Waals surface area contributed by atoms with Crippen LogP contribution < -0.4 is 10.6 Å². The monoisotopic (exact) mass is 743 g/mol. The molecule has 0 radical (unpaired) electrons. The van der Waals surface area contributed by atoms with Crippen LogP contribution in [-0.4, -0.2) is 48.0 Å². The molecule has 8 rings (SSSR count). The average Bonchev–Trinajstić information content (AvgIpc) is 3.85. The molecule has 13 heteroatoms. The van der Waals surface area contributed by atoms with Crippen LogP contribution in [0.5, 0.6) is 0 Å². The highest BCUT2D eigenvalue weighted by molar-refractivity contribution is 7.19. The predicted molar refractivity (Wildman–Crippen MR) is 213 cm³/mol. The normalized spacial score (nSPS) is 11.8. The van der Waals surface area contributed by atoms with Crippen LogP contribution in [0.2, 0.25) is 0 Å². The Balaban J connectivity index is 0.000000167. The number of nitrogens with one attached hydrogen (secondary N) is 2. The summed E-state index contributed by atoms with van der Waals surface area (Å²) in [5, 5.41) is 27.4. The third-order valence-electron chi connectivity index (χ3n) is 8.25. The first-order chi connectivity index (χ1) is 26.7. The second-order valence-corrected chi connectivity index (χ2v) is 14.1. The second-order valence-electron chi connectivity index (χ2n) is 11.9. The van der Waals surface area contributed by atoms with Crippen molar-refractivity contribution in [2.24, 2.45) is 0 Å². The molecule has 0 bridgehead atoms. The van der Waals surface area contributed by atoms with E-state index in [4.69, 9.17) is 0 Å². The van der Waals surface area contributed by atoms with E-state index >= 15 is 0 Å². The highest BCUT2D eigenvalue weighted by atomic mass is 32.1. The van der Waals surface area contributed by atoms with Gasteiger partial charge < -0.3 is 10.6 Å². The molecule has 0 aliphatic heterocycles. The van der Waals surface area contributed by atoms with Crippen molar-refractivity contribution in [2.45, 2.75) is 24.7 Å². The fourth-order valence-corrected chi connectivity index (χ4v) is 7.62. The molecule has 0 saturated heterocycles. The first-order valence-corrected chi connectivity index (χ1v) is 18.9. The molecule has 0 fully saturated rings. The Hall–Kier alpha value is -6.67. The minimum Gasteiger partial charge on any atom is -0.354 e. The smallest absolute Gasteiger partial charge is 0.222 e. The molecule has 0 aliphatic rings. The summed E-state index contributed by atoms with van der Waals surface area (Å²) in [6.07, 6.45) is 6.79. The maximum absolute atomic E-state index is 9.71. The summed E-state index contributed by atoms with van der Waals surface area (Å²) in [6.45, 7) is 1.39. The first kappa shape index (κ1) is 35.7. The lowest BCUT2D eigenvalue weighted by molar-refractivity contribution is 0.906. The van der Waals surface area contributed by atoms with E-state index in [1.54, 1.807) is 30.7 Å². The minimum absolute atomic E-state index is 0.500. The van der Waals surface area contributed by atoms with Crippen LogP contribution in [0.1, 0.15) is 44.5 Å². The largest absolute Gasteiger partial charge is 0.354 e. The number of hydrogen-bond acceptors (Lipinski definition) is 13. The van der Waals surface area contributed by atoms with Crippen LogP contribution in [0.15, 0.2) is 128 Å². The number of nitrogens with zero attached hydrogens (tertiary/aromatic N) is 9. The molecule has 0 aliphatic carbocycles. The lowest BCUT2D eigenvalue weighted by Gasteiger charge is -2.09. The SMILES string of the molecule is N#CC(c1ccnc(NCCc2ccccc2)n1)c1nc2ccccc2s1.N#CC(c1ccnc(NCCc2ccccn2)n1)c1nc2ccccc2s1. The Bertz CT molecular complexity index is 2280. The van der Waals surface area contributed by atoms with Crippen molar-refractivity contribution < 1.29 is 0 Å². The summed E-state index contributed by atoms with van der Waals surface area (Å²) < 4.78 is 2.14. The van der Waals surface area contributed by atoms with Gasteiger partial charge in [-0.2, -0.15) is 10.5 Å². The van der Waals surface area contributed by atoms with E-state index in [0.717, 1.165) is 55.5 Å². The zero-order chi connectivity index (χ0) is 37.0. The van der Waals surface area contributed by atoms with Gasteiger partial charge in [-0.25, -0.2) is 29.9 Å². The Morgan fingerprint density at radius 1 is 0.519 bits per heavy atom. The fraction of sp³-hybridized carbons (Fsp3) is 0.146. The maximum Gasteiger partial charge on any atom is 0.222 e. The van der Waals surface area contributed by atoms with Crippen molar-refractivity contribution in [1.82, 2.24) is 34.9 Å². The van der Waals surface area contributed by atoms with Crippen LogP contribution >= 0.6 is 22.7 Å². The van der Waals surface area contributed by atoms with Gasteiger partial charge in [0, 0.05) is 43.8 Å². The van der Waals surface area contributed by atoms with E-state index in [1.807, 2.05) is 84.9 Å². The summed E-state index contributed by atoms with van der Waals surface area (Å²) in [5.41, 5.74) is 5.38. The Morgan fingerprint density at radius 3 is 1.56 bits per heavy atom. The van der Waals surface area contributed by atoms with Gasteiger partial charge in [0.15, 0.2) is 0 Å². The molecule has 54 heavy (non-hydrogen) atoms. The van der Waals surface area contributed by atoms with Gasteiger partial charge in [-0.05, 0) is 60.5 Å². The molecule has 2 unspecified atom stereocenters. The Kier molecular flexibility index (Phi) is 11.7. The molecule has 0 amide bonds. The van der Waals surface area contributed by atoms with E-state index in [2.05, 4.69) is 69.8 Å². The number of rotatable bonds is 12.